The van der Waals surface area contributed by atoms with Gasteiger partial charge in [0.25, 0.3) is 0 Å². The molecule has 0 aromatic heterocycles. The molecule has 8 nitrogen and oxygen atoms in total. The van der Waals surface area contributed by atoms with Crippen LogP contribution < -0.4 is 5.32 Å². The monoisotopic (exact) mass is 360 g/mol. The van der Waals surface area contributed by atoms with Crippen molar-refractivity contribution < 1.29 is 28.6 Å². The molecule has 1 atom stereocenters. The molecule has 8 heteroatoms. The first kappa shape index (κ1) is 20.7. The molecule has 0 aliphatic heterocycles. The summed E-state index contributed by atoms with van der Waals surface area (Å²) in [5.74, 6) is 1.41. The van der Waals surface area contributed by atoms with E-state index in [0.717, 1.165) is 12.0 Å². The molecular weight excluding hydrogens is 340 g/mol. The normalized spacial score (nSPS) is 12.8. The molecule has 0 fully saturated rings. The third-order valence-corrected chi connectivity index (χ3v) is 3.21. The Morgan fingerprint density at radius 1 is 1.31 bits per heavy atom. The van der Waals surface area contributed by atoms with Crippen molar-refractivity contribution in [3.05, 3.63) is 35.1 Å². The largest absolute Gasteiger partial charge is 0.489 e. The number of terminal acetylenes is 1. The lowest BCUT2D eigenvalue weighted by molar-refractivity contribution is -0.146. The van der Waals surface area contributed by atoms with E-state index in [4.69, 9.17) is 15.9 Å². The van der Waals surface area contributed by atoms with Crippen molar-refractivity contribution in [2.45, 2.75) is 19.4 Å². The van der Waals surface area contributed by atoms with Gasteiger partial charge in [0.1, 0.15) is 6.04 Å². The molecule has 1 rings (SSSR count). The van der Waals surface area contributed by atoms with Crippen molar-refractivity contribution in [2.75, 3.05) is 27.4 Å². The van der Waals surface area contributed by atoms with Crippen LogP contribution in [0, 0.1) is 12.3 Å². The molecule has 1 N–H and O–H groups in total. The van der Waals surface area contributed by atoms with Gasteiger partial charge in [-0.3, -0.25) is 14.5 Å². The van der Waals surface area contributed by atoms with Crippen molar-refractivity contribution in [2.24, 2.45) is 0 Å². The van der Waals surface area contributed by atoms with Crippen LogP contribution in [-0.2, 0) is 23.8 Å². The Labute approximate surface area is 151 Å². The molecule has 26 heavy (non-hydrogen) atoms. The minimum absolute atomic E-state index is 0.141. The van der Waals surface area contributed by atoms with Crippen LogP contribution in [0.5, 0.6) is 0 Å². The summed E-state index contributed by atoms with van der Waals surface area (Å²) >= 11 is 0. The van der Waals surface area contributed by atoms with E-state index in [1.807, 2.05) is 0 Å². The Morgan fingerprint density at radius 2 is 2.04 bits per heavy atom. The van der Waals surface area contributed by atoms with Crippen LogP contribution in [0.3, 0.4) is 0 Å². The van der Waals surface area contributed by atoms with Crippen molar-refractivity contribution in [3.8, 4) is 12.3 Å². The summed E-state index contributed by atoms with van der Waals surface area (Å²) in [6.45, 7) is 1.55. The minimum atomic E-state index is -1.21. The number of nitrogens with zero attached hydrogens (tertiary/aromatic N) is 1. The molecule has 0 radical (unpaired) electrons. The Kier molecular flexibility index (Phi) is 8.32. The molecular formula is C18H20N2O6. The Hall–Kier alpha value is -3.39. The lowest BCUT2D eigenvalue weighted by Gasteiger charge is -2.27. The summed E-state index contributed by atoms with van der Waals surface area (Å²) in [5.41, 5.74) is 5.67. The van der Waals surface area contributed by atoms with Crippen molar-refractivity contribution in [3.63, 3.8) is 0 Å². The van der Waals surface area contributed by atoms with Crippen LogP contribution in [0.1, 0.15) is 13.3 Å². The van der Waals surface area contributed by atoms with Gasteiger partial charge in [-0.15, -0.1) is 6.42 Å². The average Bonchev–Trinajstić information content (AvgIpc) is 2.64. The lowest BCUT2D eigenvalue weighted by atomic mass is 10.1. The first-order chi connectivity index (χ1) is 12.5. The molecule has 138 valence electrons. The highest BCUT2D eigenvalue weighted by molar-refractivity contribution is 5.91. The molecule has 0 heterocycles. The number of methoxy groups -OCH3 is 2. The second-order valence-corrected chi connectivity index (χ2v) is 4.88. The van der Waals surface area contributed by atoms with Crippen LogP contribution in [0.2, 0.25) is 0 Å². The molecule has 1 aliphatic rings. The van der Waals surface area contributed by atoms with Gasteiger partial charge in [-0.2, -0.15) is 0 Å². The fourth-order valence-corrected chi connectivity index (χ4v) is 2.02. The first-order valence-electron chi connectivity index (χ1n) is 7.69. The lowest BCUT2D eigenvalue weighted by Crippen LogP contribution is -2.50. The Morgan fingerprint density at radius 3 is 2.54 bits per heavy atom. The number of ether oxygens (including phenoxy) is 3. The summed E-state index contributed by atoms with van der Waals surface area (Å²) in [6, 6.07) is -1.21. The number of carbonyl (C=O) groups is 3. The zero-order chi connectivity index (χ0) is 19.5. The van der Waals surface area contributed by atoms with E-state index in [9.17, 15) is 14.4 Å². The summed E-state index contributed by atoms with van der Waals surface area (Å²) in [4.78, 5) is 37.4. The van der Waals surface area contributed by atoms with Gasteiger partial charge in [0, 0.05) is 0 Å². The molecule has 0 aromatic rings. The molecule has 0 saturated carbocycles. The van der Waals surface area contributed by atoms with Gasteiger partial charge in [0.15, 0.2) is 5.76 Å². The van der Waals surface area contributed by atoms with Crippen LogP contribution >= 0.6 is 0 Å². The van der Waals surface area contributed by atoms with E-state index < -0.39 is 24.0 Å². The Balaban J connectivity index is 3.08. The van der Waals surface area contributed by atoms with Crippen molar-refractivity contribution in [1.29, 1.82) is 0 Å². The van der Waals surface area contributed by atoms with E-state index >= 15 is 0 Å². The van der Waals surface area contributed by atoms with Gasteiger partial charge in [-0.05, 0) is 30.5 Å². The molecule has 2 amide bonds. The Bertz CT molecular complexity index is 733. The maximum Gasteiger partial charge on any atom is 0.410 e. The number of hydrogen-bond acceptors (Lipinski definition) is 6. The summed E-state index contributed by atoms with van der Waals surface area (Å²) in [6.07, 6.45) is 7.16. The summed E-state index contributed by atoms with van der Waals surface area (Å²) in [7, 11) is 2.62. The standard InChI is InChI=1S/C18H20N2O6/c1-5-11-20(18(23)25-4)15(12-16(21)26-6-2)17(22)19-13-7-9-14(24-3)10-8-13/h1,7,9,15H,6,11-12H2,2-4H3,(H,19,22). The van der Waals surface area contributed by atoms with Gasteiger partial charge in [-0.1, -0.05) is 5.92 Å². The smallest absolute Gasteiger partial charge is 0.410 e. The van der Waals surface area contributed by atoms with E-state index in [-0.39, 0.29) is 25.3 Å². The predicted octanol–water partition coefficient (Wildman–Crippen LogP) is 0.864. The van der Waals surface area contributed by atoms with Gasteiger partial charge in [0.2, 0.25) is 5.91 Å². The maximum atomic E-state index is 12.6. The highest BCUT2D eigenvalue weighted by Gasteiger charge is 2.33. The molecule has 0 aromatic carbocycles. The third-order valence-electron chi connectivity index (χ3n) is 3.21. The number of esters is 1. The van der Waals surface area contributed by atoms with Crippen molar-refractivity contribution in [1.82, 2.24) is 10.2 Å². The van der Waals surface area contributed by atoms with E-state index in [2.05, 4.69) is 27.4 Å². The molecule has 1 aliphatic carbocycles. The van der Waals surface area contributed by atoms with Crippen LogP contribution in [0.4, 0.5) is 4.79 Å². The van der Waals surface area contributed by atoms with Gasteiger partial charge >= 0.3 is 12.1 Å². The predicted molar refractivity (Wildman–Crippen MR) is 91.3 cm³/mol. The molecule has 0 saturated heterocycles. The number of rotatable bonds is 8. The second kappa shape index (κ2) is 10.5. The highest BCUT2D eigenvalue weighted by Crippen LogP contribution is 2.11. The number of carbonyl (C=O) groups excluding carboxylic acids is 3. The number of hydrogen-bond donors (Lipinski definition) is 1. The topological polar surface area (TPSA) is 94.2 Å². The zero-order valence-electron chi connectivity index (χ0n) is 14.8. The first-order valence-corrected chi connectivity index (χ1v) is 7.69. The van der Waals surface area contributed by atoms with Crippen LogP contribution in [0.25, 0.3) is 0 Å². The molecule has 0 bridgehead atoms. The van der Waals surface area contributed by atoms with E-state index in [1.54, 1.807) is 19.1 Å². The maximum absolute atomic E-state index is 12.6. The van der Waals surface area contributed by atoms with Crippen LogP contribution in [-0.4, -0.2) is 56.3 Å². The number of amides is 2. The fourth-order valence-electron chi connectivity index (χ4n) is 2.02. The quantitative estimate of drug-likeness (QED) is 0.392. The van der Waals surface area contributed by atoms with Gasteiger partial charge in [-0.25, -0.2) is 4.79 Å². The molecule has 1 unspecified atom stereocenters. The van der Waals surface area contributed by atoms with Crippen molar-refractivity contribution >= 4 is 18.0 Å². The number of allylic oxidation sites excluding steroid dienone is 2. The highest BCUT2D eigenvalue weighted by atomic mass is 16.5. The SMILES string of the molecule is C#CCN(C(=O)OC)C(CC(=O)OCC)C(=O)NC1=C=C=C(OC)C=C1. The van der Waals surface area contributed by atoms with E-state index in [0.29, 0.717) is 5.76 Å². The number of nitrogens with one attached hydrogen (secondary N) is 1. The van der Waals surface area contributed by atoms with E-state index in [1.165, 1.54) is 7.11 Å². The summed E-state index contributed by atoms with van der Waals surface area (Å²) in [5, 5.41) is 2.55. The van der Waals surface area contributed by atoms with Crippen LogP contribution in [0.15, 0.2) is 35.1 Å². The second-order valence-electron chi connectivity index (χ2n) is 4.88. The summed E-state index contributed by atoms with van der Waals surface area (Å²) < 4.78 is 14.5. The molecule has 0 spiro atoms. The van der Waals surface area contributed by atoms with Gasteiger partial charge in [0.05, 0.1) is 39.5 Å². The zero-order valence-corrected chi connectivity index (χ0v) is 14.8. The fraction of sp³-hybridized carbons (Fsp3) is 0.389. The minimum Gasteiger partial charge on any atom is -0.489 e. The average molecular weight is 360 g/mol. The van der Waals surface area contributed by atoms with Gasteiger partial charge < -0.3 is 19.5 Å². The third kappa shape index (κ3) is 5.91.